The molecule has 3 atom stereocenters. The van der Waals surface area contributed by atoms with Crippen LogP contribution in [0, 0.1) is 12.8 Å². The lowest BCUT2D eigenvalue weighted by molar-refractivity contribution is -0.123. The van der Waals surface area contributed by atoms with E-state index in [9.17, 15) is 9.18 Å². The first-order valence-corrected chi connectivity index (χ1v) is 7.52. The first-order valence-electron chi connectivity index (χ1n) is 7.52. The molecule has 1 aliphatic rings. The Balaban J connectivity index is 1.84. The lowest BCUT2D eigenvalue weighted by Crippen LogP contribution is -2.34. The van der Waals surface area contributed by atoms with E-state index in [2.05, 4.69) is 10.3 Å². The van der Waals surface area contributed by atoms with Gasteiger partial charge in [-0.05, 0) is 36.1 Å². The Bertz CT molecular complexity index is 750. The van der Waals surface area contributed by atoms with Crippen LogP contribution >= 0.6 is 0 Å². The van der Waals surface area contributed by atoms with Crippen molar-refractivity contribution in [3.8, 4) is 11.6 Å². The van der Waals surface area contributed by atoms with Crippen LogP contribution in [0.5, 0.6) is 11.6 Å². The third-order valence-corrected chi connectivity index (χ3v) is 4.32. The Morgan fingerprint density at radius 1 is 1.39 bits per heavy atom. The molecular formula is C17H19FN2O3. The molecule has 0 radical (unpaired) electrons. The van der Waals surface area contributed by atoms with Crippen molar-refractivity contribution in [2.75, 3.05) is 13.7 Å². The first-order chi connectivity index (χ1) is 11.0. The van der Waals surface area contributed by atoms with E-state index in [1.54, 1.807) is 20.2 Å². The smallest absolute Gasteiger partial charge is 0.255 e. The molecule has 1 aliphatic heterocycles. The van der Waals surface area contributed by atoms with Crippen LogP contribution in [0.4, 0.5) is 4.39 Å². The maximum Gasteiger partial charge on any atom is 0.255 e. The third-order valence-electron chi connectivity index (χ3n) is 4.32. The molecule has 0 aliphatic carbocycles. The number of hydrogen-bond donors (Lipinski definition) is 1. The molecule has 1 fully saturated rings. The molecule has 0 spiro atoms. The Morgan fingerprint density at radius 3 is 2.83 bits per heavy atom. The van der Waals surface area contributed by atoms with Gasteiger partial charge in [0.15, 0.2) is 6.17 Å². The number of pyridine rings is 1. The minimum absolute atomic E-state index is 0.176. The average Bonchev–Trinajstić information content (AvgIpc) is 2.79. The van der Waals surface area contributed by atoms with Crippen molar-refractivity contribution >= 4 is 16.7 Å². The molecule has 1 amide bonds. The van der Waals surface area contributed by atoms with Gasteiger partial charge in [0.1, 0.15) is 12.4 Å². The number of methoxy groups -OCH3 is 1. The molecule has 6 heteroatoms. The molecular weight excluding hydrogens is 299 g/mol. The molecule has 2 aromatic rings. The molecule has 23 heavy (non-hydrogen) atoms. The van der Waals surface area contributed by atoms with Crippen molar-refractivity contribution in [2.45, 2.75) is 26.1 Å². The van der Waals surface area contributed by atoms with Gasteiger partial charge in [-0.2, -0.15) is 0 Å². The predicted octanol–water partition coefficient (Wildman–Crippen LogP) is 2.40. The summed E-state index contributed by atoms with van der Waals surface area (Å²) in [5.41, 5.74) is 1.02. The van der Waals surface area contributed by atoms with Crippen LogP contribution in [0.3, 0.4) is 0 Å². The molecule has 1 aromatic carbocycles. The maximum absolute atomic E-state index is 13.6. The highest BCUT2D eigenvalue weighted by Gasteiger charge is 2.39. The zero-order chi connectivity index (χ0) is 16.6. The van der Waals surface area contributed by atoms with Gasteiger partial charge in [0, 0.05) is 17.5 Å². The minimum atomic E-state index is -1.48. The second kappa shape index (κ2) is 6.02. The number of fused-ring (bicyclic) bond motifs is 1. The Hall–Kier alpha value is -2.37. The zero-order valence-corrected chi connectivity index (χ0v) is 13.3. The molecule has 5 nitrogen and oxygen atoms in total. The zero-order valence-electron chi connectivity index (χ0n) is 13.3. The van der Waals surface area contributed by atoms with Crippen LogP contribution in [0.15, 0.2) is 24.4 Å². The van der Waals surface area contributed by atoms with Crippen molar-refractivity contribution in [3.05, 3.63) is 30.0 Å². The number of aryl methyl sites for hydroxylation is 1. The molecule has 1 N–H and O–H groups in total. The van der Waals surface area contributed by atoms with E-state index >= 15 is 0 Å². The number of nitrogens with zero attached hydrogens (tertiary/aromatic N) is 1. The summed E-state index contributed by atoms with van der Waals surface area (Å²) < 4.78 is 24.7. The number of aromatic nitrogens is 1. The highest BCUT2D eigenvalue weighted by molar-refractivity contribution is 5.89. The topological polar surface area (TPSA) is 60.5 Å². The van der Waals surface area contributed by atoms with Gasteiger partial charge in [-0.3, -0.25) is 4.79 Å². The van der Waals surface area contributed by atoms with E-state index in [0.29, 0.717) is 5.88 Å². The fourth-order valence-electron chi connectivity index (χ4n) is 2.82. The highest BCUT2D eigenvalue weighted by atomic mass is 19.1. The van der Waals surface area contributed by atoms with Gasteiger partial charge in [0.2, 0.25) is 5.88 Å². The number of amides is 1. The third kappa shape index (κ3) is 2.81. The number of carbonyl (C=O) groups is 1. The number of ether oxygens (including phenoxy) is 2. The summed E-state index contributed by atoms with van der Waals surface area (Å²) in [5.74, 6) is 0.204. The summed E-state index contributed by atoms with van der Waals surface area (Å²) in [4.78, 5) is 15.6. The summed E-state index contributed by atoms with van der Waals surface area (Å²) in [5, 5.41) is 4.42. The normalized spacial score (nSPS) is 23.8. The van der Waals surface area contributed by atoms with Crippen LogP contribution in [0.1, 0.15) is 12.5 Å². The molecule has 2 heterocycles. The second-order valence-electron chi connectivity index (χ2n) is 5.85. The van der Waals surface area contributed by atoms with E-state index < -0.39 is 18.0 Å². The quantitative estimate of drug-likeness (QED) is 0.940. The van der Waals surface area contributed by atoms with Crippen LogP contribution < -0.4 is 14.8 Å². The Kier molecular flexibility index (Phi) is 4.07. The number of nitrogens with one attached hydrogen (secondary N) is 1. The van der Waals surface area contributed by atoms with E-state index in [4.69, 9.17) is 9.47 Å². The lowest BCUT2D eigenvalue weighted by atomic mass is 10.0. The lowest BCUT2D eigenvalue weighted by Gasteiger charge is -2.17. The molecule has 1 aromatic heterocycles. The van der Waals surface area contributed by atoms with Crippen LogP contribution in [-0.2, 0) is 4.79 Å². The van der Waals surface area contributed by atoms with Crippen molar-refractivity contribution in [2.24, 2.45) is 5.92 Å². The van der Waals surface area contributed by atoms with Crippen LogP contribution in [0.25, 0.3) is 10.8 Å². The van der Waals surface area contributed by atoms with Crippen molar-refractivity contribution in [1.82, 2.24) is 10.3 Å². The number of alkyl halides is 1. The second-order valence-corrected chi connectivity index (χ2v) is 5.85. The van der Waals surface area contributed by atoms with Crippen molar-refractivity contribution < 1.29 is 18.7 Å². The molecule has 1 saturated heterocycles. The SMILES string of the molecule is COc1cc2c(OCC3NC(=O)C(F)C3C)nccc2cc1C. The van der Waals surface area contributed by atoms with Gasteiger partial charge in [0.05, 0.1) is 13.2 Å². The Labute approximate surface area is 133 Å². The van der Waals surface area contributed by atoms with E-state index in [1.165, 1.54) is 0 Å². The van der Waals surface area contributed by atoms with Gasteiger partial charge < -0.3 is 14.8 Å². The number of rotatable bonds is 4. The molecule has 3 rings (SSSR count). The van der Waals surface area contributed by atoms with Gasteiger partial charge in [-0.25, -0.2) is 9.37 Å². The molecule has 3 unspecified atom stereocenters. The van der Waals surface area contributed by atoms with Gasteiger partial charge in [-0.1, -0.05) is 6.92 Å². The number of hydrogen-bond acceptors (Lipinski definition) is 4. The molecule has 0 bridgehead atoms. The van der Waals surface area contributed by atoms with Gasteiger partial charge in [-0.15, -0.1) is 0 Å². The molecule has 0 saturated carbocycles. The van der Waals surface area contributed by atoms with E-state index in [0.717, 1.165) is 22.1 Å². The fraction of sp³-hybridized carbons (Fsp3) is 0.412. The number of carbonyl (C=O) groups excluding carboxylic acids is 1. The standard InChI is InChI=1S/C17H19FN2O3/c1-9-6-11-4-5-19-17(12(11)7-14(9)22-3)23-8-13-10(2)15(18)16(21)20-13/h4-7,10,13,15H,8H2,1-3H3,(H,20,21). The maximum atomic E-state index is 13.6. The number of benzene rings is 1. The summed E-state index contributed by atoms with van der Waals surface area (Å²) >= 11 is 0. The van der Waals surface area contributed by atoms with Gasteiger partial charge >= 0.3 is 0 Å². The molecule has 122 valence electrons. The van der Waals surface area contributed by atoms with Crippen molar-refractivity contribution in [1.29, 1.82) is 0 Å². The summed E-state index contributed by atoms with van der Waals surface area (Å²) in [6.07, 6.45) is 0.185. The monoisotopic (exact) mass is 318 g/mol. The average molecular weight is 318 g/mol. The summed E-state index contributed by atoms with van der Waals surface area (Å²) in [6.45, 7) is 3.84. The predicted molar refractivity (Wildman–Crippen MR) is 84.5 cm³/mol. The highest BCUT2D eigenvalue weighted by Crippen LogP contribution is 2.30. The number of halogens is 1. The van der Waals surface area contributed by atoms with Crippen LogP contribution in [-0.4, -0.2) is 36.8 Å². The van der Waals surface area contributed by atoms with E-state index in [1.807, 2.05) is 25.1 Å². The van der Waals surface area contributed by atoms with Crippen molar-refractivity contribution in [3.63, 3.8) is 0 Å². The Morgan fingerprint density at radius 2 is 2.17 bits per heavy atom. The fourth-order valence-corrected chi connectivity index (χ4v) is 2.82. The first kappa shape index (κ1) is 15.5. The van der Waals surface area contributed by atoms with Gasteiger partial charge in [0.25, 0.3) is 5.91 Å². The van der Waals surface area contributed by atoms with E-state index in [-0.39, 0.29) is 12.6 Å². The summed E-state index contributed by atoms with van der Waals surface area (Å²) in [6, 6.07) is 5.41. The largest absolute Gasteiger partial charge is 0.496 e. The minimum Gasteiger partial charge on any atom is -0.496 e. The van der Waals surface area contributed by atoms with Crippen LogP contribution in [0.2, 0.25) is 0 Å². The summed E-state index contributed by atoms with van der Waals surface area (Å²) in [7, 11) is 1.61.